The van der Waals surface area contributed by atoms with Gasteiger partial charge in [0.25, 0.3) is 5.91 Å². The van der Waals surface area contributed by atoms with E-state index in [1.54, 1.807) is 4.90 Å². The van der Waals surface area contributed by atoms with Crippen molar-refractivity contribution < 1.29 is 22.4 Å². The van der Waals surface area contributed by atoms with Crippen LogP contribution in [0.2, 0.25) is 0 Å². The van der Waals surface area contributed by atoms with Gasteiger partial charge in [0, 0.05) is 24.8 Å². The molecule has 4 rings (SSSR count). The minimum atomic E-state index is -4.46. The Labute approximate surface area is 181 Å². The van der Waals surface area contributed by atoms with Crippen LogP contribution in [0, 0.1) is 5.82 Å². The van der Waals surface area contributed by atoms with Gasteiger partial charge >= 0.3 is 6.18 Å². The number of hydrogen-bond donors (Lipinski definition) is 1. The number of anilines is 1. The summed E-state index contributed by atoms with van der Waals surface area (Å²) in [7, 11) is 0. The highest BCUT2D eigenvalue weighted by Crippen LogP contribution is 2.30. The van der Waals surface area contributed by atoms with Gasteiger partial charge < -0.3 is 10.2 Å². The first-order valence-corrected chi connectivity index (χ1v) is 10.0. The van der Waals surface area contributed by atoms with Crippen molar-refractivity contribution in [2.45, 2.75) is 38.0 Å². The van der Waals surface area contributed by atoms with Crippen molar-refractivity contribution in [3.05, 3.63) is 65.9 Å². The number of amides is 1. The third kappa shape index (κ3) is 4.41. The van der Waals surface area contributed by atoms with E-state index >= 15 is 0 Å². The lowest BCUT2D eigenvalue weighted by molar-refractivity contribution is -0.137. The van der Waals surface area contributed by atoms with Crippen LogP contribution in [0.3, 0.4) is 0 Å². The molecule has 2 atom stereocenters. The Morgan fingerprint density at radius 3 is 2.56 bits per heavy atom. The van der Waals surface area contributed by atoms with Gasteiger partial charge in [0.1, 0.15) is 11.6 Å². The molecule has 11 heteroatoms. The molecule has 0 saturated carbocycles. The zero-order valence-corrected chi connectivity index (χ0v) is 17.1. The number of hydrogen-bond acceptors (Lipinski definition) is 5. The van der Waals surface area contributed by atoms with Crippen molar-refractivity contribution in [2.24, 2.45) is 0 Å². The van der Waals surface area contributed by atoms with E-state index in [2.05, 4.69) is 20.5 Å². The molecule has 0 spiro atoms. The lowest BCUT2D eigenvalue weighted by Crippen LogP contribution is -2.52. The molecule has 0 bridgehead atoms. The summed E-state index contributed by atoms with van der Waals surface area (Å²) in [6, 6.07) is 5.50. The topological polar surface area (TPSA) is 75.9 Å². The summed E-state index contributed by atoms with van der Waals surface area (Å²) in [4.78, 5) is 20.1. The van der Waals surface area contributed by atoms with Crippen LogP contribution >= 0.6 is 0 Å². The van der Waals surface area contributed by atoms with Gasteiger partial charge in [0.2, 0.25) is 0 Å². The average Bonchev–Trinajstić information content (AvgIpc) is 3.29. The molecule has 3 heterocycles. The largest absolute Gasteiger partial charge is 0.417 e. The number of pyridine rings is 1. The van der Waals surface area contributed by atoms with Crippen LogP contribution in [0.5, 0.6) is 0 Å². The summed E-state index contributed by atoms with van der Waals surface area (Å²) in [5.41, 5.74) is -0.350. The Kier molecular flexibility index (Phi) is 5.81. The first kappa shape index (κ1) is 21.7. The van der Waals surface area contributed by atoms with Gasteiger partial charge in [-0.3, -0.25) is 4.79 Å². The maximum absolute atomic E-state index is 14.0. The molecule has 1 aliphatic rings. The van der Waals surface area contributed by atoms with Crippen molar-refractivity contribution in [1.82, 2.24) is 24.9 Å². The van der Waals surface area contributed by atoms with E-state index < -0.39 is 17.6 Å². The first-order valence-electron chi connectivity index (χ1n) is 10.0. The van der Waals surface area contributed by atoms with Gasteiger partial charge in [-0.05, 0) is 50.1 Å². The molecule has 0 aliphatic carbocycles. The molecular weight excluding hydrogens is 428 g/mol. The zero-order valence-electron chi connectivity index (χ0n) is 17.1. The Hall–Kier alpha value is -3.50. The summed E-state index contributed by atoms with van der Waals surface area (Å²) in [6.07, 6.45) is 0.591. The molecule has 1 amide bonds. The van der Waals surface area contributed by atoms with Gasteiger partial charge in [-0.1, -0.05) is 0 Å². The second-order valence-corrected chi connectivity index (χ2v) is 7.54. The number of alkyl halides is 3. The Morgan fingerprint density at radius 1 is 1.16 bits per heavy atom. The molecule has 1 aliphatic heterocycles. The standard InChI is InChI=1S/C21H20F4N6O/c1-13-17(29-19-7-4-14(12-26-19)21(23,24)25)3-2-10-30(13)20(32)16-11-15(22)5-6-18(16)31-27-8-9-28-31/h4-9,11-13,17H,2-3,10H2,1H3,(H,26,29). The van der Waals surface area contributed by atoms with E-state index in [-0.39, 0.29) is 29.4 Å². The van der Waals surface area contributed by atoms with E-state index in [0.717, 1.165) is 18.3 Å². The van der Waals surface area contributed by atoms with Crippen LogP contribution in [-0.2, 0) is 6.18 Å². The number of likely N-dealkylation sites (tertiary alicyclic amines) is 1. The summed E-state index contributed by atoms with van der Waals surface area (Å²) in [5, 5.41) is 11.2. The van der Waals surface area contributed by atoms with Crippen LogP contribution in [0.1, 0.15) is 35.7 Å². The monoisotopic (exact) mass is 448 g/mol. The van der Waals surface area contributed by atoms with Crippen LogP contribution in [0.25, 0.3) is 5.69 Å². The maximum Gasteiger partial charge on any atom is 0.417 e. The van der Waals surface area contributed by atoms with Crippen LogP contribution < -0.4 is 5.32 Å². The molecule has 32 heavy (non-hydrogen) atoms. The number of carbonyl (C=O) groups excluding carboxylic acids is 1. The highest BCUT2D eigenvalue weighted by atomic mass is 19.4. The van der Waals surface area contributed by atoms with Crippen molar-refractivity contribution >= 4 is 11.7 Å². The van der Waals surface area contributed by atoms with Gasteiger partial charge in [0.05, 0.1) is 29.2 Å². The van der Waals surface area contributed by atoms with Crippen molar-refractivity contribution in [3.63, 3.8) is 0 Å². The fourth-order valence-corrected chi connectivity index (χ4v) is 3.81. The van der Waals surface area contributed by atoms with Gasteiger partial charge in [-0.15, -0.1) is 0 Å². The summed E-state index contributed by atoms with van der Waals surface area (Å²) in [6.45, 7) is 2.30. The molecule has 1 saturated heterocycles. The summed E-state index contributed by atoms with van der Waals surface area (Å²) < 4.78 is 52.3. The maximum atomic E-state index is 14.0. The molecule has 0 radical (unpaired) electrons. The number of benzene rings is 1. The first-order chi connectivity index (χ1) is 15.2. The highest BCUT2D eigenvalue weighted by molar-refractivity contribution is 5.98. The van der Waals surface area contributed by atoms with Gasteiger partial charge in [0.15, 0.2) is 0 Å². The Morgan fingerprint density at radius 2 is 1.91 bits per heavy atom. The Bertz CT molecular complexity index is 1080. The third-order valence-corrected chi connectivity index (χ3v) is 5.50. The molecule has 2 unspecified atom stereocenters. The fourth-order valence-electron chi connectivity index (χ4n) is 3.81. The van der Waals surface area contributed by atoms with E-state index in [1.165, 1.54) is 35.4 Å². The van der Waals surface area contributed by atoms with Crippen LogP contribution in [-0.4, -0.2) is 49.4 Å². The van der Waals surface area contributed by atoms with Crippen molar-refractivity contribution in [1.29, 1.82) is 0 Å². The predicted molar refractivity (Wildman–Crippen MR) is 108 cm³/mol. The normalized spacial score (nSPS) is 19.1. The number of nitrogens with zero attached hydrogens (tertiary/aromatic N) is 5. The van der Waals surface area contributed by atoms with Crippen LogP contribution in [0.15, 0.2) is 48.9 Å². The molecule has 1 N–H and O–H groups in total. The van der Waals surface area contributed by atoms with E-state index in [4.69, 9.17) is 0 Å². The molecule has 1 aromatic carbocycles. The number of piperidine rings is 1. The van der Waals surface area contributed by atoms with E-state index in [1.807, 2.05) is 6.92 Å². The predicted octanol–water partition coefficient (Wildman–Crippen LogP) is 3.93. The highest BCUT2D eigenvalue weighted by Gasteiger charge is 2.34. The molecule has 3 aromatic rings. The lowest BCUT2D eigenvalue weighted by Gasteiger charge is -2.40. The van der Waals surface area contributed by atoms with Crippen molar-refractivity contribution in [2.75, 3.05) is 11.9 Å². The number of rotatable bonds is 4. The van der Waals surface area contributed by atoms with E-state index in [9.17, 15) is 22.4 Å². The smallest absolute Gasteiger partial charge is 0.365 e. The minimum absolute atomic E-state index is 0.126. The second kappa shape index (κ2) is 8.56. The fraction of sp³-hybridized carbons (Fsp3) is 0.333. The number of carbonyl (C=O) groups is 1. The molecular formula is C21H20F4N6O. The summed E-state index contributed by atoms with van der Waals surface area (Å²) in [5.74, 6) is -0.648. The quantitative estimate of drug-likeness (QED) is 0.613. The second-order valence-electron chi connectivity index (χ2n) is 7.54. The Balaban J connectivity index is 1.54. The molecule has 2 aromatic heterocycles. The molecule has 168 valence electrons. The van der Waals surface area contributed by atoms with Gasteiger partial charge in [-0.25, -0.2) is 9.37 Å². The summed E-state index contributed by atoms with van der Waals surface area (Å²) >= 11 is 0. The van der Waals surface area contributed by atoms with E-state index in [0.29, 0.717) is 25.1 Å². The lowest BCUT2D eigenvalue weighted by atomic mass is 9.96. The van der Waals surface area contributed by atoms with Gasteiger partial charge in [-0.2, -0.15) is 28.2 Å². The molecule has 1 fully saturated rings. The minimum Gasteiger partial charge on any atom is -0.365 e. The number of halogens is 4. The average molecular weight is 448 g/mol. The molecule has 7 nitrogen and oxygen atoms in total. The van der Waals surface area contributed by atoms with Crippen molar-refractivity contribution in [3.8, 4) is 5.69 Å². The third-order valence-electron chi connectivity index (χ3n) is 5.50. The number of nitrogens with one attached hydrogen (secondary N) is 1. The van der Waals surface area contributed by atoms with Crippen LogP contribution in [0.4, 0.5) is 23.4 Å². The SMILES string of the molecule is CC1C(Nc2ccc(C(F)(F)F)cn2)CCCN1C(=O)c1cc(F)ccc1-n1nccn1. The zero-order chi connectivity index (χ0) is 22.9. The number of aromatic nitrogens is 4.